The van der Waals surface area contributed by atoms with Crippen molar-refractivity contribution < 1.29 is 19.4 Å². The molecule has 5 nitrogen and oxygen atoms in total. The molecular formula is C20H33NO4. The van der Waals surface area contributed by atoms with Crippen LogP contribution in [0.25, 0.3) is 0 Å². The van der Waals surface area contributed by atoms with E-state index >= 15 is 0 Å². The highest BCUT2D eigenvalue weighted by Gasteiger charge is 2.62. The van der Waals surface area contributed by atoms with Gasteiger partial charge in [-0.1, -0.05) is 32.4 Å². The number of amides is 1. The SMILES string of the molecule is CC1=C[C@@H]2[C@@H](C1)C[C@]2(CNC(=O)OC(C)(C)C)C(C(=O)O)C(C)(C)C. The molecule has 1 amide bonds. The molecule has 2 N–H and O–H groups in total. The van der Waals surface area contributed by atoms with Crippen LogP contribution in [-0.2, 0) is 9.53 Å². The molecule has 0 heterocycles. The second kappa shape index (κ2) is 6.33. The van der Waals surface area contributed by atoms with Crippen LogP contribution in [0.2, 0.25) is 0 Å². The van der Waals surface area contributed by atoms with Gasteiger partial charge in [0.1, 0.15) is 5.60 Å². The Morgan fingerprint density at radius 1 is 1.32 bits per heavy atom. The number of carbonyl (C=O) groups is 2. The molecular weight excluding hydrogens is 318 g/mol. The van der Waals surface area contributed by atoms with E-state index in [1.165, 1.54) is 5.57 Å². The Kier molecular flexibility index (Phi) is 5.01. The van der Waals surface area contributed by atoms with Crippen LogP contribution in [0.4, 0.5) is 4.79 Å². The standard InChI is InChI=1S/C20H33NO4/c1-12-8-13-10-20(14(13)9-12,15(16(22)23)18(2,3)4)11-21-17(24)25-19(5,6)7/h9,13-15H,8,10-11H2,1-7H3,(H,21,24)(H,22,23)/t13-,14+,15?,20+/m0/s1. The molecule has 0 bridgehead atoms. The van der Waals surface area contributed by atoms with E-state index < -0.39 is 34.4 Å². The minimum Gasteiger partial charge on any atom is -0.481 e. The third kappa shape index (κ3) is 4.01. The predicted octanol–water partition coefficient (Wildman–Crippen LogP) is 4.23. The number of fused-ring (bicyclic) bond motifs is 1. The van der Waals surface area contributed by atoms with E-state index in [-0.39, 0.29) is 5.92 Å². The van der Waals surface area contributed by atoms with Crippen molar-refractivity contribution in [3.63, 3.8) is 0 Å². The minimum atomic E-state index is -0.783. The average molecular weight is 351 g/mol. The van der Waals surface area contributed by atoms with Crippen LogP contribution in [0, 0.1) is 28.6 Å². The number of hydrogen-bond donors (Lipinski definition) is 2. The summed E-state index contributed by atoms with van der Waals surface area (Å²) in [6, 6.07) is 0. The highest BCUT2D eigenvalue weighted by atomic mass is 16.6. The van der Waals surface area contributed by atoms with Crippen LogP contribution in [0.5, 0.6) is 0 Å². The summed E-state index contributed by atoms with van der Waals surface area (Å²) in [5.74, 6) is -0.597. The van der Waals surface area contributed by atoms with E-state index in [0.717, 1.165) is 12.8 Å². The van der Waals surface area contributed by atoms with Crippen LogP contribution >= 0.6 is 0 Å². The first kappa shape index (κ1) is 19.8. The fourth-order valence-corrected chi connectivity index (χ4v) is 4.98. The van der Waals surface area contributed by atoms with Gasteiger partial charge in [-0.25, -0.2) is 4.79 Å². The molecule has 1 unspecified atom stereocenters. The van der Waals surface area contributed by atoms with Gasteiger partial charge in [0.25, 0.3) is 0 Å². The number of alkyl carbamates (subject to hydrolysis) is 1. The van der Waals surface area contributed by atoms with Crippen LogP contribution in [0.15, 0.2) is 11.6 Å². The number of carbonyl (C=O) groups excluding carboxylic acids is 1. The number of ether oxygens (including phenoxy) is 1. The predicted molar refractivity (Wildman–Crippen MR) is 97.2 cm³/mol. The summed E-state index contributed by atoms with van der Waals surface area (Å²) in [5.41, 5.74) is -0.0909. The fourth-order valence-electron chi connectivity index (χ4n) is 4.98. The second-order valence-corrected chi connectivity index (χ2v) is 9.93. The first-order chi connectivity index (χ1) is 11.3. The Bertz CT molecular complexity index is 581. The number of carboxylic acids is 1. The Hall–Kier alpha value is -1.52. The molecule has 0 spiro atoms. The van der Waals surface area contributed by atoms with Gasteiger partial charge >= 0.3 is 12.1 Å². The summed E-state index contributed by atoms with van der Waals surface area (Å²) < 4.78 is 5.35. The molecule has 2 aliphatic carbocycles. The van der Waals surface area contributed by atoms with Gasteiger partial charge in [-0.2, -0.15) is 0 Å². The lowest BCUT2D eigenvalue weighted by Gasteiger charge is -2.58. The highest BCUT2D eigenvalue weighted by molar-refractivity contribution is 5.73. The lowest BCUT2D eigenvalue weighted by molar-refractivity contribution is -0.167. The number of nitrogens with one attached hydrogen (secondary N) is 1. The summed E-state index contributed by atoms with van der Waals surface area (Å²) in [6.45, 7) is 13.8. The molecule has 25 heavy (non-hydrogen) atoms. The first-order valence-electron chi connectivity index (χ1n) is 9.13. The van der Waals surface area contributed by atoms with Gasteiger partial charge in [0, 0.05) is 12.0 Å². The number of hydrogen-bond acceptors (Lipinski definition) is 3. The van der Waals surface area contributed by atoms with Crippen LogP contribution in [-0.4, -0.2) is 29.3 Å². The van der Waals surface area contributed by atoms with Gasteiger partial charge in [0.2, 0.25) is 0 Å². The topological polar surface area (TPSA) is 75.6 Å². The molecule has 2 rings (SSSR count). The van der Waals surface area contributed by atoms with E-state index in [4.69, 9.17) is 4.74 Å². The van der Waals surface area contributed by atoms with Gasteiger partial charge in [-0.3, -0.25) is 4.79 Å². The Labute approximate surface area is 151 Å². The Morgan fingerprint density at radius 2 is 1.92 bits per heavy atom. The minimum absolute atomic E-state index is 0.211. The zero-order valence-corrected chi connectivity index (χ0v) is 16.6. The van der Waals surface area contributed by atoms with Crippen molar-refractivity contribution in [2.75, 3.05) is 6.54 Å². The van der Waals surface area contributed by atoms with Gasteiger partial charge in [-0.05, 0) is 57.8 Å². The summed E-state index contributed by atoms with van der Waals surface area (Å²) in [7, 11) is 0. The van der Waals surface area contributed by atoms with E-state index in [9.17, 15) is 14.7 Å². The maximum atomic E-state index is 12.2. The van der Waals surface area contributed by atoms with Crippen molar-refractivity contribution in [1.29, 1.82) is 0 Å². The summed E-state index contributed by atoms with van der Waals surface area (Å²) in [4.78, 5) is 24.3. The highest BCUT2D eigenvalue weighted by Crippen LogP contribution is 2.64. The number of allylic oxidation sites excluding steroid dienone is 2. The summed E-state index contributed by atoms with van der Waals surface area (Å²) in [6.07, 6.45) is 3.62. The lowest BCUT2D eigenvalue weighted by atomic mass is 9.46. The molecule has 4 atom stereocenters. The van der Waals surface area contributed by atoms with Crippen molar-refractivity contribution in [2.24, 2.45) is 28.6 Å². The quantitative estimate of drug-likeness (QED) is 0.743. The molecule has 0 saturated heterocycles. The molecule has 1 fully saturated rings. The van der Waals surface area contributed by atoms with E-state index in [0.29, 0.717) is 12.5 Å². The van der Waals surface area contributed by atoms with Crippen LogP contribution in [0.1, 0.15) is 61.3 Å². The molecule has 0 aromatic carbocycles. The molecule has 1 saturated carbocycles. The third-order valence-electron chi connectivity index (χ3n) is 5.51. The van der Waals surface area contributed by atoms with Crippen LogP contribution in [0.3, 0.4) is 0 Å². The van der Waals surface area contributed by atoms with E-state index in [1.807, 2.05) is 41.5 Å². The largest absolute Gasteiger partial charge is 0.481 e. The molecule has 0 radical (unpaired) electrons. The van der Waals surface area contributed by atoms with Crippen molar-refractivity contribution in [1.82, 2.24) is 5.32 Å². The molecule has 2 aliphatic rings. The van der Waals surface area contributed by atoms with Crippen molar-refractivity contribution in [3.8, 4) is 0 Å². The Morgan fingerprint density at radius 3 is 2.36 bits per heavy atom. The normalized spacial score (nSPS) is 30.0. The smallest absolute Gasteiger partial charge is 0.407 e. The molecule has 5 heteroatoms. The van der Waals surface area contributed by atoms with E-state index in [2.05, 4.69) is 18.3 Å². The molecule has 142 valence electrons. The summed E-state index contributed by atoms with van der Waals surface area (Å²) in [5, 5.41) is 12.8. The van der Waals surface area contributed by atoms with Crippen LogP contribution < -0.4 is 5.32 Å². The number of aliphatic carboxylic acids is 1. The molecule has 0 aromatic heterocycles. The van der Waals surface area contributed by atoms with Gasteiger partial charge in [-0.15, -0.1) is 0 Å². The van der Waals surface area contributed by atoms with Gasteiger partial charge < -0.3 is 15.2 Å². The van der Waals surface area contributed by atoms with E-state index in [1.54, 1.807) is 0 Å². The molecule has 0 aliphatic heterocycles. The van der Waals surface area contributed by atoms with Crippen molar-refractivity contribution >= 4 is 12.1 Å². The molecule has 0 aromatic rings. The lowest BCUT2D eigenvalue weighted by Crippen LogP contribution is -2.61. The monoisotopic (exact) mass is 351 g/mol. The third-order valence-corrected chi connectivity index (χ3v) is 5.51. The van der Waals surface area contributed by atoms with Gasteiger partial charge in [0.15, 0.2) is 0 Å². The zero-order valence-electron chi connectivity index (χ0n) is 16.6. The maximum absolute atomic E-state index is 12.2. The summed E-state index contributed by atoms with van der Waals surface area (Å²) >= 11 is 0. The van der Waals surface area contributed by atoms with Gasteiger partial charge in [0.05, 0.1) is 5.92 Å². The van der Waals surface area contributed by atoms with Crippen molar-refractivity contribution in [3.05, 3.63) is 11.6 Å². The fraction of sp³-hybridized carbons (Fsp3) is 0.800. The van der Waals surface area contributed by atoms with Crippen molar-refractivity contribution in [2.45, 2.75) is 66.9 Å². The first-order valence-corrected chi connectivity index (χ1v) is 9.13. The number of rotatable bonds is 4. The Balaban J connectivity index is 2.26. The zero-order chi connectivity index (χ0) is 19.2. The number of carboxylic acid groups (broad SMARTS) is 1. The average Bonchev–Trinajstić information content (AvgIpc) is 2.67. The second-order valence-electron chi connectivity index (χ2n) is 9.93. The maximum Gasteiger partial charge on any atom is 0.407 e.